The van der Waals surface area contributed by atoms with Crippen LogP contribution in [0.15, 0.2) is 24.0 Å². The molecule has 1 aliphatic heterocycles. The maximum atomic E-state index is 11.8. The maximum absolute atomic E-state index is 11.8. The predicted molar refractivity (Wildman–Crippen MR) is 31.0 cm³/mol. The standard InChI is InChI=1S/C6H6F3N/c7-6(8,9)5-3-1-2-4-10-5/h2-4,10H,1H2. The average Bonchev–Trinajstić information content (AvgIpc) is 1.88. The third-order valence-electron chi connectivity index (χ3n) is 1.12. The van der Waals surface area contributed by atoms with Crippen molar-refractivity contribution in [3.05, 3.63) is 24.0 Å². The van der Waals surface area contributed by atoms with Crippen molar-refractivity contribution in [3.8, 4) is 0 Å². The first-order valence-corrected chi connectivity index (χ1v) is 2.79. The summed E-state index contributed by atoms with van der Waals surface area (Å²) in [5.74, 6) is 0. The Morgan fingerprint density at radius 1 is 1.40 bits per heavy atom. The molecule has 1 aliphatic rings. The van der Waals surface area contributed by atoms with E-state index in [4.69, 9.17) is 0 Å². The quantitative estimate of drug-likeness (QED) is 0.555. The predicted octanol–water partition coefficient (Wildman–Crippen LogP) is 1.94. The van der Waals surface area contributed by atoms with Gasteiger partial charge < -0.3 is 5.32 Å². The molecule has 0 saturated heterocycles. The minimum Gasteiger partial charge on any atom is -0.358 e. The lowest BCUT2D eigenvalue weighted by Gasteiger charge is -2.13. The fraction of sp³-hybridized carbons (Fsp3) is 0.333. The largest absolute Gasteiger partial charge is 0.430 e. The van der Waals surface area contributed by atoms with Gasteiger partial charge in [0.1, 0.15) is 5.70 Å². The highest BCUT2D eigenvalue weighted by molar-refractivity contribution is 5.15. The highest BCUT2D eigenvalue weighted by atomic mass is 19.4. The van der Waals surface area contributed by atoms with Gasteiger partial charge in [0, 0.05) is 0 Å². The first kappa shape index (κ1) is 7.18. The summed E-state index contributed by atoms with van der Waals surface area (Å²) in [4.78, 5) is 0. The van der Waals surface area contributed by atoms with Crippen molar-refractivity contribution in [1.29, 1.82) is 0 Å². The lowest BCUT2D eigenvalue weighted by atomic mass is 10.2. The van der Waals surface area contributed by atoms with Gasteiger partial charge in [0.25, 0.3) is 0 Å². The third kappa shape index (κ3) is 1.52. The number of dihydropyridines is 1. The van der Waals surface area contributed by atoms with E-state index in [-0.39, 0.29) is 0 Å². The Kier molecular flexibility index (Phi) is 1.70. The molecule has 0 saturated carbocycles. The van der Waals surface area contributed by atoms with Gasteiger partial charge >= 0.3 is 6.18 Å². The van der Waals surface area contributed by atoms with Crippen molar-refractivity contribution in [1.82, 2.24) is 5.32 Å². The number of halogens is 3. The number of nitrogens with one attached hydrogen (secondary N) is 1. The smallest absolute Gasteiger partial charge is 0.358 e. The first-order chi connectivity index (χ1) is 4.61. The zero-order chi connectivity index (χ0) is 7.61. The van der Waals surface area contributed by atoms with Crippen molar-refractivity contribution in [3.63, 3.8) is 0 Å². The van der Waals surface area contributed by atoms with Crippen LogP contribution in [0.4, 0.5) is 13.2 Å². The second kappa shape index (κ2) is 2.36. The van der Waals surface area contributed by atoms with Gasteiger partial charge in [0.15, 0.2) is 0 Å². The van der Waals surface area contributed by atoms with Crippen LogP contribution in [0, 0.1) is 0 Å². The van der Waals surface area contributed by atoms with Crippen LogP contribution in [0.3, 0.4) is 0 Å². The maximum Gasteiger partial charge on any atom is 0.430 e. The van der Waals surface area contributed by atoms with Crippen LogP contribution in [-0.4, -0.2) is 6.18 Å². The molecule has 1 heterocycles. The minimum absolute atomic E-state index is 0.349. The fourth-order valence-corrected chi connectivity index (χ4v) is 0.659. The molecular formula is C6H6F3N. The molecule has 10 heavy (non-hydrogen) atoms. The van der Waals surface area contributed by atoms with Crippen LogP contribution in [0.25, 0.3) is 0 Å². The molecule has 0 amide bonds. The molecular weight excluding hydrogens is 143 g/mol. The fourth-order valence-electron chi connectivity index (χ4n) is 0.659. The minimum atomic E-state index is -4.23. The Morgan fingerprint density at radius 3 is 2.40 bits per heavy atom. The summed E-state index contributed by atoms with van der Waals surface area (Å²) in [5.41, 5.74) is -0.671. The third-order valence-corrected chi connectivity index (χ3v) is 1.12. The van der Waals surface area contributed by atoms with Crippen molar-refractivity contribution < 1.29 is 13.2 Å². The Morgan fingerprint density at radius 2 is 2.10 bits per heavy atom. The second-order valence-electron chi connectivity index (χ2n) is 1.90. The van der Waals surface area contributed by atoms with Crippen LogP contribution < -0.4 is 5.32 Å². The van der Waals surface area contributed by atoms with E-state index >= 15 is 0 Å². The van der Waals surface area contributed by atoms with Gasteiger partial charge in [-0.2, -0.15) is 13.2 Å². The van der Waals surface area contributed by atoms with Crippen molar-refractivity contribution in [2.45, 2.75) is 12.6 Å². The number of hydrogen-bond acceptors (Lipinski definition) is 1. The first-order valence-electron chi connectivity index (χ1n) is 2.79. The monoisotopic (exact) mass is 149 g/mol. The number of hydrogen-bond donors (Lipinski definition) is 1. The van der Waals surface area contributed by atoms with Crippen LogP contribution in [-0.2, 0) is 0 Å². The normalized spacial score (nSPS) is 18.1. The number of rotatable bonds is 0. The van der Waals surface area contributed by atoms with Gasteiger partial charge in [0.05, 0.1) is 0 Å². The zero-order valence-electron chi connectivity index (χ0n) is 5.07. The van der Waals surface area contributed by atoms with Crippen LogP contribution in [0.1, 0.15) is 6.42 Å². The molecule has 0 bridgehead atoms. The van der Waals surface area contributed by atoms with Crippen LogP contribution in [0.2, 0.25) is 0 Å². The summed E-state index contributed by atoms with van der Waals surface area (Å²) in [6, 6.07) is 0. The van der Waals surface area contributed by atoms with E-state index in [9.17, 15) is 13.2 Å². The molecule has 1 rings (SSSR count). The molecule has 0 aromatic rings. The molecule has 0 unspecified atom stereocenters. The highest BCUT2D eigenvalue weighted by Gasteiger charge is 2.33. The molecule has 0 fully saturated rings. The molecule has 0 atom stereocenters. The summed E-state index contributed by atoms with van der Waals surface area (Å²) in [6.45, 7) is 0. The van der Waals surface area contributed by atoms with Crippen molar-refractivity contribution in [2.75, 3.05) is 0 Å². The van der Waals surface area contributed by atoms with E-state index in [1.165, 1.54) is 6.20 Å². The van der Waals surface area contributed by atoms with Gasteiger partial charge in [-0.15, -0.1) is 0 Å². The molecule has 1 N–H and O–H groups in total. The molecule has 4 heteroatoms. The molecule has 0 aromatic heterocycles. The molecule has 0 aliphatic carbocycles. The van der Waals surface area contributed by atoms with Gasteiger partial charge in [0.2, 0.25) is 0 Å². The van der Waals surface area contributed by atoms with Gasteiger partial charge in [-0.05, 0) is 12.6 Å². The lowest BCUT2D eigenvalue weighted by Crippen LogP contribution is -2.23. The topological polar surface area (TPSA) is 12.0 Å². The number of alkyl halides is 3. The summed E-state index contributed by atoms with van der Waals surface area (Å²) in [5, 5.41) is 2.11. The van der Waals surface area contributed by atoms with E-state index in [2.05, 4.69) is 5.32 Å². The van der Waals surface area contributed by atoms with E-state index < -0.39 is 11.9 Å². The van der Waals surface area contributed by atoms with Gasteiger partial charge in [-0.1, -0.05) is 12.2 Å². The SMILES string of the molecule is FC(F)(F)C1=CCC=CN1. The van der Waals surface area contributed by atoms with Gasteiger partial charge in [-0.25, -0.2) is 0 Å². The van der Waals surface area contributed by atoms with E-state index in [1.807, 2.05) is 0 Å². The van der Waals surface area contributed by atoms with Crippen LogP contribution in [0.5, 0.6) is 0 Å². The average molecular weight is 149 g/mol. The molecule has 56 valence electrons. The van der Waals surface area contributed by atoms with E-state index in [0.29, 0.717) is 6.42 Å². The summed E-state index contributed by atoms with van der Waals surface area (Å²) < 4.78 is 35.3. The van der Waals surface area contributed by atoms with Crippen molar-refractivity contribution in [2.24, 2.45) is 0 Å². The van der Waals surface area contributed by atoms with Crippen molar-refractivity contribution >= 4 is 0 Å². The Labute approximate surface area is 56.2 Å². The lowest BCUT2D eigenvalue weighted by molar-refractivity contribution is -0.0958. The second-order valence-corrected chi connectivity index (χ2v) is 1.90. The molecule has 0 spiro atoms. The summed E-state index contributed by atoms with van der Waals surface area (Å²) >= 11 is 0. The van der Waals surface area contributed by atoms with E-state index in [0.717, 1.165) is 6.08 Å². The Bertz CT molecular complexity index is 178. The Balaban J connectivity index is 2.65. The molecule has 0 radical (unpaired) electrons. The molecule has 0 aromatic carbocycles. The summed E-state index contributed by atoms with van der Waals surface area (Å²) in [7, 11) is 0. The highest BCUT2D eigenvalue weighted by Crippen LogP contribution is 2.24. The van der Waals surface area contributed by atoms with E-state index in [1.54, 1.807) is 6.08 Å². The molecule has 1 nitrogen and oxygen atoms in total. The Hall–Kier alpha value is -0.930. The summed E-state index contributed by atoms with van der Waals surface area (Å²) in [6.07, 6.45) is 0.144. The zero-order valence-corrected chi connectivity index (χ0v) is 5.07. The van der Waals surface area contributed by atoms with Crippen LogP contribution >= 0.6 is 0 Å². The van der Waals surface area contributed by atoms with Gasteiger partial charge in [-0.3, -0.25) is 0 Å². The number of allylic oxidation sites excluding steroid dienone is 3.